The van der Waals surface area contributed by atoms with Gasteiger partial charge in [-0.2, -0.15) is 0 Å². The number of carbonyl (C=O) groups excluding carboxylic acids is 1. The molecule has 1 saturated heterocycles. The van der Waals surface area contributed by atoms with Crippen LogP contribution in [0.1, 0.15) is 36.8 Å². The molecule has 1 aromatic carbocycles. The number of likely N-dealkylation sites (N-methyl/N-ethyl adjacent to an activating group) is 1. The van der Waals surface area contributed by atoms with Gasteiger partial charge < -0.3 is 10.2 Å². The molecule has 2 aliphatic rings. The van der Waals surface area contributed by atoms with Crippen LogP contribution in [-0.2, 0) is 17.6 Å². The van der Waals surface area contributed by atoms with Gasteiger partial charge in [-0.3, -0.25) is 4.79 Å². The smallest absolute Gasteiger partial charge is 0.225 e. The Bertz CT molecular complexity index is 494. The molecule has 1 aromatic rings. The molecule has 3 rings (SSSR count). The zero-order valence-electron chi connectivity index (χ0n) is 13.0. The van der Waals surface area contributed by atoms with Crippen molar-refractivity contribution < 1.29 is 4.79 Å². The molecule has 1 heterocycles. The molecule has 0 aromatic heterocycles. The van der Waals surface area contributed by atoms with Gasteiger partial charge in [-0.05, 0) is 49.8 Å². The minimum atomic E-state index is 0.175. The summed E-state index contributed by atoms with van der Waals surface area (Å²) in [6.07, 6.45) is 6.72. The van der Waals surface area contributed by atoms with Gasteiger partial charge in [0.15, 0.2) is 0 Å². The van der Waals surface area contributed by atoms with Crippen molar-refractivity contribution in [1.82, 2.24) is 10.2 Å². The zero-order chi connectivity index (χ0) is 14.7. The summed E-state index contributed by atoms with van der Waals surface area (Å²) >= 11 is 0. The summed E-state index contributed by atoms with van der Waals surface area (Å²) in [4.78, 5) is 14.6. The van der Waals surface area contributed by atoms with Crippen molar-refractivity contribution in [2.24, 2.45) is 5.92 Å². The molecule has 3 nitrogen and oxygen atoms in total. The third kappa shape index (κ3) is 3.46. The second kappa shape index (κ2) is 6.61. The van der Waals surface area contributed by atoms with Gasteiger partial charge in [-0.25, -0.2) is 0 Å². The summed E-state index contributed by atoms with van der Waals surface area (Å²) in [5.74, 6) is 0.505. The van der Waals surface area contributed by atoms with Gasteiger partial charge >= 0.3 is 0 Å². The first-order valence-corrected chi connectivity index (χ1v) is 8.29. The van der Waals surface area contributed by atoms with E-state index in [0.29, 0.717) is 11.9 Å². The number of hydrogen-bond acceptors (Lipinski definition) is 2. The third-order valence-electron chi connectivity index (χ3n) is 4.98. The Morgan fingerprint density at radius 2 is 2.05 bits per heavy atom. The zero-order valence-corrected chi connectivity index (χ0v) is 13.0. The fraction of sp³-hybridized carbons (Fsp3) is 0.611. The van der Waals surface area contributed by atoms with Gasteiger partial charge in [-0.1, -0.05) is 30.7 Å². The lowest BCUT2D eigenvalue weighted by molar-refractivity contribution is -0.135. The average Bonchev–Trinajstić information content (AvgIpc) is 2.54. The number of carbonyl (C=O) groups is 1. The maximum Gasteiger partial charge on any atom is 0.225 e. The lowest BCUT2D eigenvalue weighted by Gasteiger charge is -2.32. The van der Waals surface area contributed by atoms with Gasteiger partial charge in [0.2, 0.25) is 5.91 Å². The number of nitrogens with one attached hydrogen (secondary N) is 1. The molecular formula is C18H26N2O. The molecule has 1 fully saturated rings. The van der Waals surface area contributed by atoms with Crippen molar-refractivity contribution in [1.29, 1.82) is 0 Å². The maximum atomic E-state index is 12.7. The molecule has 0 radical (unpaired) electrons. The fourth-order valence-electron chi connectivity index (χ4n) is 3.72. The van der Waals surface area contributed by atoms with E-state index in [1.807, 2.05) is 11.9 Å². The Balaban J connectivity index is 1.58. The van der Waals surface area contributed by atoms with E-state index in [0.717, 1.165) is 32.4 Å². The van der Waals surface area contributed by atoms with Crippen molar-refractivity contribution in [3.63, 3.8) is 0 Å². The Kier molecular flexibility index (Phi) is 4.59. The highest BCUT2D eigenvalue weighted by Gasteiger charge is 2.28. The molecule has 0 saturated carbocycles. The number of nitrogens with zero attached hydrogens (tertiary/aromatic N) is 1. The molecule has 1 N–H and O–H groups in total. The van der Waals surface area contributed by atoms with Gasteiger partial charge in [0.25, 0.3) is 0 Å². The van der Waals surface area contributed by atoms with E-state index in [1.54, 1.807) is 0 Å². The highest BCUT2D eigenvalue weighted by atomic mass is 16.2. The SMILES string of the molecule is CN(CC1CCCCN1)C(=O)C1CCc2ccccc2C1. The minimum absolute atomic E-state index is 0.175. The quantitative estimate of drug-likeness (QED) is 0.925. The molecule has 1 amide bonds. The number of hydrogen-bond donors (Lipinski definition) is 1. The van der Waals surface area contributed by atoms with Crippen LogP contribution in [-0.4, -0.2) is 37.0 Å². The third-order valence-corrected chi connectivity index (χ3v) is 4.98. The highest BCUT2D eigenvalue weighted by molar-refractivity contribution is 5.79. The van der Waals surface area contributed by atoms with E-state index in [9.17, 15) is 4.79 Å². The molecule has 1 aliphatic heterocycles. The summed E-state index contributed by atoms with van der Waals surface area (Å²) in [6, 6.07) is 9.05. The van der Waals surface area contributed by atoms with Gasteiger partial charge in [0, 0.05) is 25.6 Å². The molecule has 0 bridgehead atoms. The lowest BCUT2D eigenvalue weighted by atomic mass is 9.83. The highest BCUT2D eigenvalue weighted by Crippen LogP contribution is 2.26. The van der Waals surface area contributed by atoms with E-state index in [1.165, 1.54) is 30.4 Å². The second-order valence-electron chi connectivity index (χ2n) is 6.57. The molecule has 0 spiro atoms. The Labute approximate surface area is 127 Å². The van der Waals surface area contributed by atoms with Crippen LogP contribution in [0.5, 0.6) is 0 Å². The van der Waals surface area contributed by atoms with E-state index in [2.05, 4.69) is 29.6 Å². The monoisotopic (exact) mass is 286 g/mol. The normalized spacial score (nSPS) is 25.2. The number of amides is 1. The second-order valence-corrected chi connectivity index (χ2v) is 6.57. The van der Waals surface area contributed by atoms with Crippen LogP contribution in [0.15, 0.2) is 24.3 Å². The molecule has 2 unspecified atom stereocenters. The van der Waals surface area contributed by atoms with Crippen LogP contribution >= 0.6 is 0 Å². The molecule has 2 atom stereocenters. The van der Waals surface area contributed by atoms with Crippen molar-refractivity contribution in [3.05, 3.63) is 35.4 Å². The number of piperidine rings is 1. The van der Waals surface area contributed by atoms with Crippen molar-refractivity contribution in [3.8, 4) is 0 Å². The lowest BCUT2D eigenvalue weighted by Crippen LogP contribution is -2.46. The number of fused-ring (bicyclic) bond motifs is 1. The minimum Gasteiger partial charge on any atom is -0.344 e. The van der Waals surface area contributed by atoms with Crippen LogP contribution in [0.2, 0.25) is 0 Å². The first-order valence-electron chi connectivity index (χ1n) is 8.29. The summed E-state index contributed by atoms with van der Waals surface area (Å²) in [5, 5.41) is 3.53. The first-order chi connectivity index (χ1) is 10.2. The topological polar surface area (TPSA) is 32.3 Å². The largest absolute Gasteiger partial charge is 0.344 e. The van der Waals surface area contributed by atoms with E-state index >= 15 is 0 Å². The van der Waals surface area contributed by atoms with Crippen LogP contribution in [0.3, 0.4) is 0 Å². The summed E-state index contributed by atoms with van der Waals surface area (Å²) in [6.45, 7) is 1.96. The summed E-state index contributed by atoms with van der Waals surface area (Å²) < 4.78 is 0. The van der Waals surface area contributed by atoms with Gasteiger partial charge in [0.1, 0.15) is 0 Å². The van der Waals surface area contributed by atoms with Crippen LogP contribution in [0.4, 0.5) is 0 Å². The number of aryl methyl sites for hydroxylation is 1. The summed E-state index contributed by atoms with van der Waals surface area (Å²) in [7, 11) is 1.97. The Morgan fingerprint density at radius 1 is 1.24 bits per heavy atom. The van der Waals surface area contributed by atoms with E-state index in [-0.39, 0.29) is 5.92 Å². The molecule has 3 heteroatoms. The van der Waals surface area contributed by atoms with Crippen LogP contribution < -0.4 is 5.32 Å². The molecule has 114 valence electrons. The molecule has 1 aliphatic carbocycles. The van der Waals surface area contributed by atoms with E-state index < -0.39 is 0 Å². The Morgan fingerprint density at radius 3 is 2.81 bits per heavy atom. The van der Waals surface area contributed by atoms with Crippen molar-refractivity contribution in [2.75, 3.05) is 20.1 Å². The van der Waals surface area contributed by atoms with Gasteiger partial charge in [0.05, 0.1) is 0 Å². The van der Waals surface area contributed by atoms with Crippen molar-refractivity contribution in [2.45, 2.75) is 44.6 Å². The average molecular weight is 286 g/mol. The number of benzene rings is 1. The van der Waals surface area contributed by atoms with Crippen LogP contribution in [0, 0.1) is 5.92 Å². The Hall–Kier alpha value is -1.35. The van der Waals surface area contributed by atoms with Gasteiger partial charge in [-0.15, -0.1) is 0 Å². The summed E-state index contributed by atoms with van der Waals surface area (Å²) in [5.41, 5.74) is 2.80. The first kappa shape index (κ1) is 14.6. The maximum absolute atomic E-state index is 12.7. The van der Waals surface area contributed by atoms with E-state index in [4.69, 9.17) is 0 Å². The predicted octanol–water partition coefficient (Wildman–Crippen LogP) is 2.39. The molecule has 21 heavy (non-hydrogen) atoms. The number of rotatable bonds is 3. The molecular weight excluding hydrogens is 260 g/mol. The fourth-order valence-corrected chi connectivity index (χ4v) is 3.72. The van der Waals surface area contributed by atoms with Crippen LogP contribution in [0.25, 0.3) is 0 Å². The van der Waals surface area contributed by atoms with Crippen molar-refractivity contribution >= 4 is 5.91 Å². The standard InChI is InChI=1S/C18H26N2O/c1-20(13-17-8-4-5-11-19-17)18(21)16-10-9-14-6-2-3-7-15(14)12-16/h2-3,6-7,16-17,19H,4-5,8-13H2,1H3. The predicted molar refractivity (Wildman–Crippen MR) is 85.2 cm³/mol.